The van der Waals surface area contributed by atoms with E-state index >= 15 is 0 Å². The van der Waals surface area contributed by atoms with Gasteiger partial charge in [-0.25, -0.2) is 0 Å². The minimum atomic E-state index is 0.139. The number of hydrogen-bond donors (Lipinski definition) is 0. The molecule has 0 saturated carbocycles. The highest BCUT2D eigenvalue weighted by atomic mass is 16.1. The summed E-state index contributed by atoms with van der Waals surface area (Å²) < 4.78 is 2.08. The van der Waals surface area contributed by atoms with Crippen molar-refractivity contribution in [2.45, 2.75) is 26.3 Å². The molecule has 0 atom stereocenters. The molecule has 110 valence electrons. The van der Waals surface area contributed by atoms with Crippen LogP contribution in [0.4, 0.5) is 0 Å². The Kier molecular flexibility index (Phi) is 3.93. The van der Waals surface area contributed by atoms with Crippen LogP contribution in [0.15, 0.2) is 36.5 Å². The molecule has 0 unspecified atom stereocenters. The quantitative estimate of drug-likeness (QED) is 0.809. The van der Waals surface area contributed by atoms with Gasteiger partial charge in [-0.05, 0) is 37.0 Å². The zero-order chi connectivity index (χ0) is 14.8. The number of ketones is 1. The van der Waals surface area contributed by atoms with Gasteiger partial charge in [0.25, 0.3) is 0 Å². The van der Waals surface area contributed by atoms with E-state index in [0.717, 1.165) is 38.0 Å². The summed E-state index contributed by atoms with van der Waals surface area (Å²) in [5, 5.41) is 0. The lowest BCUT2D eigenvalue weighted by Crippen LogP contribution is -2.26. The van der Waals surface area contributed by atoms with E-state index in [2.05, 4.69) is 33.7 Å². The number of aryl methyl sites for hydroxylation is 1. The van der Waals surface area contributed by atoms with Crippen LogP contribution in [0.25, 0.3) is 0 Å². The van der Waals surface area contributed by atoms with E-state index in [0.29, 0.717) is 0 Å². The maximum atomic E-state index is 11.5. The Morgan fingerprint density at radius 2 is 1.76 bits per heavy atom. The fraction of sp³-hybridized carbons (Fsp3) is 0.389. The topological polar surface area (TPSA) is 25.2 Å². The molecule has 0 N–H and O–H groups in total. The molecule has 21 heavy (non-hydrogen) atoms. The zero-order valence-electron chi connectivity index (χ0n) is 12.8. The van der Waals surface area contributed by atoms with Crippen LogP contribution in [0.2, 0.25) is 0 Å². The first kappa shape index (κ1) is 14.1. The smallest absolute Gasteiger partial charge is 0.161 e. The van der Waals surface area contributed by atoms with Crippen molar-refractivity contribution in [2.75, 3.05) is 13.1 Å². The van der Waals surface area contributed by atoms with Crippen molar-refractivity contribution in [1.82, 2.24) is 9.47 Å². The van der Waals surface area contributed by atoms with Crippen LogP contribution in [-0.4, -0.2) is 28.3 Å². The number of rotatable bonds is 3. The summed E-state index contributed by atoms with van der Waals surface area (Å²) in [6.07, 6.45) is 4.16. The molecule has 1 aliphatic heterocycles. The Bertz CT molecular complexity index is 630. The zero-order valence-corrected chi connectivity index (χ0v) is 12.8. The number of Topliss-reactive ketones (excluding diaryl/α,β-unsaturated/α-hetero) is 1. The Labute approximate surface area is 126 Å². The van der Waals surface area contributed by atoms with Crippen molar-refractivity contribution in [3.05, 3.63) is 58.9 Å². The molecule has 1 aromatic heterocycles. The predicted molar refractivity (Wildman–Crippen MR) is 84.5 cm³/mol. The fourth-order valence-electron chi connectivity index (χ4n) is 3.06. The number of carbonyl (C=O) groups excluding carboxylic acids is 1. The SMILES string of the molecule is CC(=O)c1cc(CN2CCc3ccccc3CC2)n(C)c1. The molecule has 0 spiro atoms. The lowest BCUT2D eigenvalue weighted by Gasteiger charge is -2.19. The molecule has 0 radical (unpaired) electrons. The van der Waals surface area contributed by atoms with Gasteiger partial charge < -0.3 is 4.57 Å². The van der Waals surface area contributed by atoms with Gasteiger partial charge in [0.05, 0.1) is 0 Å². The summed E-state index contributed by atoms with van der Waals surface area (Å²) in [5.74, 6) is 0.139. The summed E-state index contributed by atoms with van der Waals surface area (Å²) in [6, 6.07) is 10.8. The van der Waals surface area contributed by atoms with Crippen LogP contribution in [-0.2, 0) is 26.4 Å². The predicted octanol–water partition coefficient (Wildman–Crippen LogP) is 2.83. The molecular formula is C18H22N2O. The molecular weight excluding hydrogens is 260 g/mol. The summed E-state index contributed by atoms with van der Waals surface area (Å²) in [6.45, 7) is 4.70. The fourth-order valence-corrected chi connectivity index (χ4v) is 3.06. The number of benzene rings is 1. The van der Waals surface area contributed by atoms with Gasteiger partial charge in [0.15, 0.2) is 5.78 Å². The lowest BCUT2D eigenvalue weighted by atomic mass is 10.0. The molecule has 1 aliphatic rings. The molecule has 0 bridgehead atoms. The Balaban J connectivity index is 1.71. The Morgan fingerprint density at radius 1 is 1.14 bits per heavy atom. The molecule has 2 aromatic rings. The van der Waals surface area contributed by atoms with Gasteiger partial charge in [0, 0.05) is 44.1 Å². The molecule has 3 nitrogen and oxygen atoms in total. The number of hydrogen-bond acceptors (Lipinski definition) is 2. The Morgan fingerprint density at radius 3 is 2.29 bits per heavy atom. The van der Waals surface area contributed by atoms with Crippen molar-refractivity contribution in [2.24, 2.45) is 7.05 Å². The van der Waals surface area contributed by atoms with Gasteiger partial charge in [-0.1, -0.05) is 24.3 Å². The Hall–Kier alpha value is -1.87. The van der Waals surface area contributed by atoms with Crippen molar-refractivity contribution >= 4 is 5.78 Å². The molecule has 2 heterocycles. The van der Waals surface area contributed by atoms with Gasteiger partial charge in [-0.2, -0.15) is 0 Å². The van der Waals surface area contributed by atoms with Crippen LogP contribution in [0.3, 0.4) is 0 Å². The summed E-state index contributed by atoms with van der Waals surface area (Å²) >= 11 is 0. The molecule has 0 fully saturated rings. The second-order valence-corrected chi connectivity index (χ2v) is 5.93. The summed E-state index contributed by atoms with van der Waals surface area (Å²) in [5.41, 5.74) is 4.99. The molecule has 3 rings (SSSR count). The van der Waals surface area contributed by atoms with Crippen LogP contribution in [0.5, 0.6) is 0 Å². The van der Waals surface area contributed by atoms with Crippen molar-refractivity contribution in [3.63, 3.8) is 0 Å². The average molecular weight is 282 g/mol. The maximum Gasteiger partial charge on any atom is 0.161 e. The first-order chi connectivity index (χ1) is 10.1. The van der Waals surface area contributed by atoms with E-state index in [1.807, 2.05) is 19.3 Å². The first-order valence-corrected chi connectivity index (χ1v) is 7.59. The number of fused-ring (bicyclic) bond motifs is 1. The monoisotopic (exact) mass is 282 g/mol. The van der Waals surface area contributed by atoms with E-state index in [1.54, 1.807) is 6.92 Å². The van der Waals surface area contributed by atoms with E-state index in [4.69, 9.17) is 0 Å². The van der Waals surface area contributed by atoms with E-state index in [-0.39, 0.29) is 5.78 Å². The molecule has 0 amide bonds. The minimum Gasteiger partial charge on any atom is -0.353 e. The average Bonchev–Trinajstić information content (AvgIpc) is 2.71. The molecule has 0 saturated heterocycles. The third kappa shape index (κ3) is 3.08. The normalized spacial score (nSPS) is 15.5. The summed E-state index contributed by atoms with van der Waals surface area (Å²) in [7, 11) is 2.02. The van der Waals surface area contributed by atoms with Gasteiger partial charge in [0.1, 0.15) is 0 Å². The lowest BCUT2D eigenvalue weighted by molar-refractivity contribution is 0.101. The maximum absolute atomic E-state index is 11.5. The highest BCUT2D eigenvalue weighted by Crippen LogP contribution is 2.18. The number of nitrogens with zero attached hydrogens (tertiary/aromatic N) is 2. The van der Waals surface area contributed by atoms with Crippen LogP contribution in [0.1, 0.15) is 34.1 Å². The standard InChI is InChI=1S/C18H22N2O/c1-14(21)17-11-18(19(2)12-17)13-20-9-7-15-5-3-4-6-16(15)8-10-20/h3-6,11-12H,7-10,13H2,1-2H3. The third-order valence-electron chi connectivity index (χ3n) is 4.41. The second-order valence-electron chi connectivity index (χ2n) is 5.93. The molecule has 0 aliphatic carbocycles. The van der Waals surface area contributed by atoms with E-state index in [9.17, 15) is 4.79 Å². The van der Waals surface area contributed by atoms with Gasteiger partial charge in [-0.3, -0.25) is 9.69 Å². The van der Waals surface area contributed by atoms with E-state index < -0.39 is 0 Å². The highest BCUT2D eigenvalue weighted by molar-refractivity contribution is 5.94. The van der Waals surface area contributed by atoms with Gasteiger partial charge >= 0.3 is 0 Å². The van der Waals surface area contributed by atoms with Gasteiger partial charge in [-0.15, -0.1) is 0 Å². The van der Waals surface area contributed by atoms with Crippen LogP contribution >= 0.6 is 0 Å². The first-order valence-electron chi connectivity index (χ1n) is 7.59. The van der Waals surface area contributed by atoms with Crippen LogP contribution < -0.4 is 0 Å². The van der Waals surface area contributed by atoms with Crippen molar-refractivity contribution in [3.8, 4) is 0 Å². The number of aromatic nitrogens is 1. The summed E-state index contributed by atoms with van der Waals surface area (Å²) in [4.78, 5) is 14.0. The molecule has 3 heteroatoms. The van der Waals surface area contributed by atoms with E-state index in [1.165, 1.54) is 16.8 Å². The van der Waals surface area contributed by atoms with Crippen molar-refractivity contribution < 1.29 is 4.79 Å². The van der Waals surface area contributed by atoms with Gasteiger partial charge in [0.2, 0.25) is 0 Å². The van der Waals surface area contributed by atoms with Crippen molar-refractivity contribution in [1.29, 1.82) is 0 Å². The third-order valence-corrected chi connectivity index (χ3v) is 4.41. The largest absolute Gasteiger partial charge is 0.353 e. The van der Waals surface area contributed by atoms with Crippen LogP contribution in [0, 0.1) is 0 Å². The highest BCUT2D eigenvalue weighted by Gasteiger charge is 2.15. The molecule has 1 aromatic carbocycles. The second kappa shape index (κ2) is 5.86. The number of carbonyl (C=O) groups is 1. The minimum absolute atomic E-state index is 0.139.